The maximum absolute atomic E-state index is 5.33. The monoisotopic (exact) mass is 265 g/mol. The van der Waals surface area contributed by atoms with Crippen LogP contribution in [0.1, 0.15) is 57.2 Å². The van der Waals surface area contributed by atoms with Gasteiger partial charge in [0.15, 0.2) is 0 Å². The van der Waals surface area contributed by atoms with Gasteiger partial charge in [-0.2, -0.15) is 0 Å². The minimum absolute atomic E-state index is 0.208. The fraction of sp³-hybridized carbons (Fsp3) is 0.800. The molecule has 2 heterocycles. The lowest BCUT2D eigenvalue weighted by Gasteiger charge is -2.47. The second-order valence-electron chi connectivity index (χ2n) is 6.23. The molecule has 1 aliphatic heterocycles. The zero-order valence-corrected chi connectivity index (χ0v) is 13.1. The number of nitrogens with zero attached hydrogens (tertiary/aromatic N) is 2. The number of aryl methyl sites for hydroxylation is 2. The topological polar surface area (TPSA) is 41.3 Å². The number of hydrogen-bond acceptors (Lipinski definition) is 4. The van der Waals surface area contributed by atoms with Crippen molar-refractivity contribution in [3.8, 4) is 0 Å². The van der Waals surface area contributed by atoms with Gasteiger partial charge < -0.3 is 9.84 Å². The summed E-state index contributed by atoms with van der Waals surface area (Å²) in [4.78, 5) is 2.58. The lowest BCUT2D eigenvalue weighted by Crippen LogP contribution is -2.62. The maximum Gasteiger partial charge on any atom is 0.138 e. The Bertz CT molecular complexity index is 423. The summed E-state index contributed by atoms with van der Waals surface area (Å²) in [7, 11) is 0. The number of aromatic nitrogens is 1. The Balaban J connectivity index is 2.24. The molecule has 0 amide bonds. The Morgan fingerprint density at radius 3 is 2.74 bits per heavy atom. The van der Waals surface area contributed by atoms with Gasteiger partial charge in [0.2, 0.25) is 0 Å². The van der Waals surface area contributed by atoms with Crippen molar-refractivity contribution in [2.45, 2.75) is 65.6 Å². The van der Waals surface area contributed by atoms with E-state index in [-0.39, 0.29) is 5.54 Å². The molecule has 19 heavy (non-hydrogen) atoms. The Kier molecular flexibility index (Phi) is 4.02. The Labute approximate surface area is 116 Å². The van der Waals surface area contributed by atoms with Crippen LogP contribution in [-0.2, 0) is 0 Å². The highest BCUT2D eigenvalue weighted by molar-refractivity contribution is 5.25. The van der Waals surface area contributed by atoms with Crippen molar-refractivity contribution in [2.75, 3.05) is 13.1 Å². The van der Waals surface area contributed by atoms with E-state index in [2.05, 4.69) is 43.1 Å². The first-order valence-electron chi connectivity index (χ1n) is 7.31. The van der Waals surface area contributed by atoms with E-state index in [4.69, 9.17) is 4.52 Å². The summed E-state index contributed by atoms with van der Waals surface area (Å²) in [5, 5.41) is 7.77. The molecule has 1 saturated heterocycles. The van der Waals surface area contributed by atoms with Crippen LogP contribution in [0.25, 0.3) is 0 Å². The predicted molar refractivity (Wildman–Crippen MR) is 77.3 cm³/mol. The van der Waals surface area contributed by atoms with Gasteiger partial charge >= 0.3 is 0 Å². The van der Waals surface area contributed by atoms with Crippen molar-refractivity contribution in [3.63, 3.8) is 0 Å². The molecular formula is C15H27N3O. The minimum Gasteiger partial charge on any atom is -0.361 e. The van der Waals surface area contributed by atoms with Crippen LogP contribution in [0.2, 0.25) is 0 Å². The van der Waals surface area contributed by atoms with Gasteiger partial charge in [-0.15, -0.1) is 0 Å². The zero-order chi connectivity index (χ0) is 14.2. The van der Waals surface area contributed by atoms with Crippen LogP contribution >= 0.6 is 0 Å². The van der Waals surface area contributed by atoms with E-state index in [0.717, 1.165) is 31.0 Å². The van der Waals surface area contributed by atoms with Gasteiger partial charge in [-0.25, -0.2) is 0 Å². The van der Waals surface area contributed by atoms with Gasteiger partial charge in [0, 0.05) is 36.3 Å². The third-order valence-electron chi connectivity index (χ3n) is 4.71. The second-order valence-corrected chi connectivity index (χ2v) is 6.23. The van der Waals surface area contributed by atoms with Crippen molar-refractivity contribution >= 4 is 0 Å². The molecule has 1 fully saturated rings. The van der Waals surface area contributed by atoms with Crippen LogP contribution in [-0.4, -0.2) is 34.7 Å². The van der Waals surface area contributed by atoms with Crippen molar-refractivity contribution in [2.24, 2.45) is 0 Å². The van der Waals surface area contributed by atoms with Crippen LogP contribution in [0.3, 0.4) is 0 Å². The highest BCUT2D eigenvalue weighted by Crippen LogP contribution is 2.31. The number of piperazine rings is 1. The SMILES string of the molecule is CCC1(C)CN(C(C)c2c(C)noc2C)C(C)CN1. The Morgan fingerprint density at radius 2 is 2.21 bits per heavy atom. The summed E-state index contributed by atoms with van der Waals surface area (Å²) < 4.78 is 5.33. The van der Waals surface area contributed by atoms with Gasteiger partial charge in [0.1, 0.15) is 5.76 Å². The number of hydrogen-bond donors (Lipinski definition) is 1. The maximum atomic E-state index is 5.33. The zero-order valence-electron chi connectivity index (χ0n) is 13.1. The van der Waals surface area contributed by atoms with Crippen molar-refractivity contribution < 1.29 is 4.52 Å². The number of rotatable bonds is 3. The summed E-state index contributed by atoms with van der Waals surface area (Å²) >= 11 is 0. The molecule has 0 spiro atoms. The summed E-state index contributed by atoms with van der Waals surface area (Å²) in [6.45, 7) is 15.3. The van der Waals surface area contributed by atoms with E-state index in [1.165, 1.54) is 5.56 Å². The van der Waals surface area contributed by atoms with Crippen LogP contribution in [0, 0.1) is 13.8 Å². The highest BCUT2D eigenvalue weighted by atomic mass is 16.5. The van der Waals surface area contributed by atoms with E-state index >= 15 is 0 Å². The van der Waals surface area contributed by atoms with Crippen LogP contribution in [0.4, 0.5) is 0 Å². The van der Waals surface area contributed by atoms with Crippen LogP contribution in [0.5, 0.6) is 0 Å². The molecule has 2 rings (SSSR count). The predicted octanol–water partition coefficient (Wildman–Crippen LogP) is 2.81. The van der Waals surface area contributed by atoms with E-state index < -0.39 is 0 Å². The molecule has 1 aromatic heterocycles. The smallest absolute Gasteiger partial charge is 0.138 e. The molecular weight excluding hydrogens is 238 g/mol. The first kappa shape index (κ1) is 14.5. The molecule has 3 unspecified atom stereocenters. The average molecular weight is 265 g/mol. The van der Waals surface area contributed by atoms with Crippen LogP contribution < -0.4 is 5.32 Å². The molecule has 0 bridgehead atoms. The summed E-state index contributed by atoms with van der Waals surface area (Å²) in [6, 6.07) is 0.887. The lowest BCUT2D eigenvalue weighted by molar-refractivity contribution is 0.0590. The Hall–Kier alpha value is -0.870. The van der Waals surface area contributed by atoms with Gasteiger partial charge in [0.05, 0.1) is 5.69 Å². The van der Waals surface area contributed by atoms with Gasteiger partial charge in [0.25, 0.3) is 0 Å². The third kappa shape index (κ3) is 2.70. The Morgan fingerprint density at radius 1 is 1.53 bits per heavy atom. The average Bonchev–Trinajstić information content (AvgIpc) is 2.72. The van der Waals surface area contributed by atoms with E-state index in [9.17, 15) is 0 Å². The van der Waals surface area contributed by atoms with Crippen molar-refractivity contribution in [1.82, 2.24) is 15.4 Å². The largest absolute Gasteiger partial charge is 0.361 e. The summed E-state index contributed by atoms with van der Waals surface area (Å²) in [5.41, 5.74) is 2.49. The highest BCUT2D eigenvalue weighted by Gasteiger charge is 2.36. The first-order chi connectivity index (χ1) is 8.88. The van der Waals surface area contributed by atoms with Gasteiger partial charge in [-0.05, 0) is 41.0 Å². The molecule has 0 aliphatic carbocycles. The first-order valence-corrected chi connectivity index (χ1v) is 7.31. The summed E-state index contributed by atoms with van der Waals surface area (Å²) in [6.07, 6.45) is 1.14. The third-order valence-corrected chi connectivity index (χ3v) is 4.71. The van der Waals surface area contributed by atoms with Gasteiger partial charge in [-0.1, -0.05) is 12.1 Å². The lowest BCUT2D eigenvalue weighted by atomic mass is 9.91. The molecule has 1 aromatic rings. The molecule has 1 N–H and O–H groups in total. The van der Waals surface area contributed by atoms with Crippen LogP contribution in [0.15, 0.2) is 4.52 Å². The molecule has 4 heteroatoms. The fourth-order valence-corrected chi connectivity index (χ4v) is 3.13. The molecule has 3 atom stereocenters. The fourth-order valence-electron chi connectivity index (χ4n) is 3.13. The standard InChI is InChI=1S/C15H27N3O/c1-7-15(6)9-18(10(2)8-16-15)12(4)14-11(3)17-19-13(14)5/h10,12,16H,7-9H2,1-6H3. The molecule has 0 aromatic carbocycles. The molecule has 0 saturated carbocycles. The van der Waals surface area contributed by atoms with E-state index in [0.29, 0.717) is 12.1 Å². The minimum atomic E-state index is 0.208. The molecule has 0 radical (unpaired) electrons. The van der Waals surface area contributed by atoms with Crippen molar-refractivity contribution in [1.29, 1.82) is 0 Å². The molecule has 4 nitrogen and oxygen atoms in total. The second kappa shape index (κ2) is 5.25. The van der Waals surface area contributed by atoms with E-state index in [1.807, 2.05) is 13.8 Å². The normalized spacial score (nSPS) is 30.5. The van der Waals surface area contributed by atoms with E-state index in [1.54, 1.807) is 0 Å². The number of nitrogens with one attached hydrogen (secondary N) is 1. The molecule has 1 aliphatic rings. The van der Waals surface area contributed by atoms with Crippen molar-refractivity contribution in [3.05, 3.63) is 17.0 Å². The van der Waals surface area contributed by atoms with Gasteiger partial charge in [-0.3, -0.25) is 4.90 Å². The quantitative estimate of drug-likeness (QED) is 0.912. The summed E-state index contributed by atoms with van der Waals surface area (Å²) in [5.74, 6) is 0.953. The molecule has 108 valence electrons.